The summed E-state index contributed by atoms with van der Waals surface area (Å²) in [4.78, 5) is 8.95. The first kappa shape index (κ1) is 13.9. The van der Waals surface area contributed by atoms with Crippen LogP contribution in [-0.2, 0) is 6.54 Å². The van der Waals surface area contributed by atoms with Crippen LogP contribution >= 0.6 is 0 Å². The lowest BCUT2D eigenvalue weighted by molar-refractivity contribution is 0.256. The highest BCUT2D eigenvalue weighted by molar-refractivity contribution is 5.34. The van der Waals surface area contributed by atoms with Gasteiger partial charge < -0.3 is 10.6 Å². The van der Waals surface area contributed by atoms with Gasteiger partial charge in [0.25, 0.3) is 0 Å². The summed E-state index contributed by atoms with van der Waals surface area (Å²) in [6, 6.07) is 3.92. The number of nitrogens with zero attached hydrogens (tertiary/aromatic N) is 3. The van der Waals surface area contributed by atoms with E-state index in [1.807, 2.05) is 12.1 Å². The number of anilines is 1. The third kappa shape index (κ3) is 5.65. The fourth-order valence-corrected chi connectivity index (χ4v) is 1.72. The standard InChI is InChI=1S/C13H24N4/c1-4-17(9-5-8-16(2)3)11-13-7-6-12(14)10-15-13/h6-7,10H,4-5,8-9,11,14H2,1-3H3. The molecule has 0 aliphatic carbocycles. The maximum Gasteiger partial charge on any atom is 0.0545 e. The zero-order valence-corrected chi connectivity index (χ0v) is 11.2. The summed E-state index contributed by atoms with van der Waals surface area (Å²) in [6.07, 6.45) is 2.92. The van der Waals surface area contributed by atoms with Crippen molar-refractivity contribution in [2.45, 2.75) is 19.9 Å². The molecular formula is C13H24N4. The van der Waals surface area contributed by atoms with Crippen molar-refractivity contribution < 1.29 is 0 Å². The molecule has 0 saturated carbocycles. The van der Waals surface area contributed by atoms with E-state index in [-0.39, 0.29) is 0 Å². The molecule has 96 valence electrons. The average molecular weight is 236 g/mol. The molecule has 4 heteroatoms. The van der Waals surface area contributed by atoms with E-state index in [1.54, 1.807) is 6.20 Å². The van der Waals surface area contributed by atoms with E-state index in [1.165, 1.54) is 6.42 Å². The predicted molar refractivity (Wildman–Crippen MR) is 72.8 cm³/mol. The van der Waals surface area contributed by atoms with Crippen LogP contribution < -0.4 is 5.73 Å². The quantitative estimate of drug-likeness (QED) is 0.778. The first-order valence-corrected chi connectivity index (χ1v) is 6.19. The van der Waals surface area contributed by atoms with Gasteiger partial charge in [-0.15, -0.1) is 0 Å². The Morgan fingerprint density at radius 2 is 2.00 bits per heavy atom. The molecule has 0 fully saturated rings. The lowest BCUT2D eigenvalue weighted by Crippen LogP contribution is -2.27. The van der Waals surface area contributed by atoms with Gasteiger partial charge in [0.15, 0.2) is 0 Å². The van der Waals surface area contributed by atoms with E-state index in [9.17, 15) is 0 Å². The minimum absolute atomic E-state index is 0.726. The van der Waals surface area contributed by atoms with Crippen molar-refractivity contribution >= 4 is 5.69 Å². The third-order valence-corrected chi connectivity index (χ3v) is 2.76. The second-order valence-electron chi connectivity index (χ2n) is 4.61. The van der Waals surface area contributed by atoms with Crippen molar-refractivity contribution in [2.75, 3.05) is 39.5 Å². The number of rotatable bonds is 7. The summed E-state index contributed by atoms with van der Waals surface area (Å²) in [5.74, 6) is 0. The number of nitrogens with two attached hydrogens (primary N) is 1. The molecular weight excluding hydrogens is 212 g/mol. The third-order valence-electron chi connectivity index (χ3n) is 2.76. The fourth-order valence-electron chi connectivity index (χ4n) is 1.72. The first-order valence-electron chi connectivity index (χ1n) is 6.19. The van der Waals surface area contributed by atoms with Crippen LogP contribution in [0.15, 0.2) is 18.3 Å². The molecule has 0 aliphatic rings. The lowest BCUT2D eigenvalue weighted by Gasteiger charge is -2.21. The molecule has 1 rings (SSSR count). The van der Waals surface area contributed by atoms with Gasteiger partial charge in [0.1, 0.15) is 0 Å². The van der Waals surface area contributed by atoms with Crippen LogP contribution in [0.25, 0.3) is 0 Å². The molecule has 0 aromatic carbocycles. The number of aromatic nitrogens is 1. The van der Waals surface area contributed by atoms with Gasteiger partial charge in [0.2, 0.25) is 0 Å². The normalized spacial score (nSPS) is 11.4. The topological polar surface area (TPSA) is 45.4 Å². The Morgan fingerprint density at radius 3 is 2.53 bits per heavy atom. The Balaban J connectivity index is 2.38. The number of hydrogen-bond acceptors (Lipinski definition) is 4. The summed E-state index contributed by atoms with van der Waals surface area (Å²) < 4.78 is 0. The molecule has 0 radical (unpaired) electrons. The van der Waals surface area contributed by atoms with E-state index in [4.69, 9.17) is 5.73 Å². The van der Waals surface area contributed by atoms with Crippen LogP contribution in [-0.4, -0.2) is 48.5 Å². The largest absolute Gasteiger partial charge is 0.397 e. The van der Waals surface area contributed by atoms with Crippen molar-refractivity contribution in [3.05, 3.63) is 24.0 Å². The number of pyridine rings is 1. The molecule has 0 atom stereocenters. The summed E-state index contributed by atoms with van der Waals surface area (Å²) in [6.45, 7) is 6.39. The number of hydrogen-bond donors (Lipinski definition) is 1. The van der Waals surface area contributed by atoms with E-state index < -0.39 is 0 Å². The highest BCUT2D eigenvalue weighted by Gasteiger charge is 2.04. The molecule has 1 aromatic rings. The van der Waals surface area contributed by atoms with Gasteiger partial charge in [-0.1, -0.05) is 6.92 Å². The zero-order chi connectivity index (χ0) is 12.7. The van der Waals surface area contributed by atoms with Crippen molar-refractivity contribution in [3.63, 3.8) is 0 Å². The SMILES string of the molecule is CCN(CCCN(C)C)Cc1ccc(N)cn1. The first-order chi connectivity index (χ1) is 8.11. The number of nitrogen functional groups attached to an aromatic ring is 1. The van der Waals surface area contributed by atoms with Crippen LogP contribution in [0.2, 0.25) is 0 Å². The molecule has 0 aliphatic heterocycles. The Labute approximate surface area is 104 Å². The molecule has 0 bridgehead atoms. The predicted octanol–water partition coefficient (Wildman–Crippen LogP) is 1.44. The lowest BCUT2D eigenvalue weighted by atomic mass is 10.3. The highest BCUT2D eigenvalue weighted by atomic mass is 15.1. The van der Waals surface area contributed by atoms with Crippen LogP contribution in [0.3, 0.4) is 0 Å². The van der Waals surface area contributed by atoms with Gasteiger partial charge in [0.05, 0.1) is 17.6 Å². The Hall–Kier alpha value is -1.13. The van der Waals surface area contributed by atoms with Crippen molar-refractivity contribution in [2.24, 2.45) is 0 Å². The molecule has 0 saturated heterocycles. The molecule has 17 heavy (non-hydrogen) atoms. The Morgan fingerprint density at radius 1 is 1.24 bits per heavy atom. The van der Waals surface area contributed by atoms with Crippen molar-refractivity contribution in [1.82, 2.24) is 14.8 Å². The monoisotopic (exact) mass is 236 g/mol. The second-order valence-corrected chi connectivity index (χ2v) is 4.61. The minimum Gasteiger partial charge on any atom is -0.397 e. The van der Waals surface area contributed by atoms with Gasteiger partial charge in [-0.2, -0.15) is 0 Å². The molecule has 1 aromatic heterocycles. The fraction of sp³-hybridized carbons (Fsp3) is 0.615. The molecule has 0 spiro atoms. The van der Waals surface area contributed by atoms with Gasteiger partial charge in [-0.05, 0) is 52.3 Å². The van der Waals surface area contributed by atoms with Crippen LogP contribution in [0, 0.1) is 0 Å². The van der Waals surface area contributed by atoms with Gasteiger partial charge in [0, 0.05) is 6.54 Å². The zero-order valence-electron chi connectivity index (χ0n) is 11.2. The van der Waals surface area contributed by atoms with Gasteiger partial charge in [-0.25, -0.2) is 0 Å². The molecule has 4 nitrogen and oxygen atoms in total. The van der Waals surface area contributed by atoms with E-state index in [2.05, 4.69) is 35.8 Å². The van der Waals surface area contributed by atoms with Gasteiger partial charge >= 0.3 is 0 Å². The smallest absolute Gasteiger partial charge is 0.0545 e. The summed E-state index contributed by atoms with van der Waals surface area (Å²) in [5.41, 5.74) is 7.44. The summed E-state index contributed by atoms with van der Waals surface area (Å²) >= 11 is 0. The van der Waals surface area contributed by atoms with Crippen molar-refractivity contribution in [3.8, 4) is 0 Å². The Kier molecular flexibility index (Phi) is 5.94. The average Bonchev–Trinajstić information content (AvgIpc) is 2.30. The van der Waals surface area contributed by atoms with Crippen LogP contribution in [0.5, 0.6) is 0 Å². The van der Waals surface area contributed by atoms with E-state index in [0.29, 0.717) is 0 Å². The molecule has 1 heterocycles. The van der Waals surface area contributed by atoms with E-state index >= 15 is 0 Å². The van der Waals surface area contributed by atoms with Crippen LogP contribution in [0.4, 0.5) is 5.69 Å². The van der Waals surface area contributed by atoms with Crippen LogP contribution in [0.1, 0.15) is 19.0 Å². The van der Waals surface area contributed by atoms with E-state index in [0.717, 1.165) is 37.6 Å². The van der Waals surface area contributed by atoms with Gasteiger partial charge in [-0.3, -0.25) is 9.88 Å². The summed E-state index contributed by atoms with van der Waals surface area (Å²) in [7, 11) is 4.22. The molecule has 2 N–H and O–H groups in total. The second kappa shape index (κ2) is 7.25. The molecule has 0 amide bonds. The molecule has 0 unspecified atom stereocenters. The maximum atomic E-state index is 5.62. The summed E-state index contributed by atoms with van der Waals surface area (Å²) in [5, 5.41) is 0. The Bertz CT molecular complexity index is 308. The van der Waals surface area contributed by atoms with Crippen molar-refractivity contribution in [1.29, 1.82) is 0 Å². The maximum absolute atomic E-state index is 5.62. The minimum atomic E-state index is 0.726. The highest BCUT2D eigenvalue weighted by Crippen LogP contribution is 2.05.